The summed E-state index contributed by atoms with van der Waals surface area (Å²) < 4.78 is 5.37. The normalized spacial score (nSPS) is 12.5. The number of aliphatic hydroxyl groups excluding tert-OH is 1. The third kappa shape index (κ3) is 2.99. The first-order valence-electron chi connectivity index (χ1n) is 4.56. The van der Waals surface area contributed by atoms with Gasteiger partial charge in [0.1, 0.15) is 18.5 Å². The first-order chi connectivity index (χ1) is 6.77. The number of aliphatic hydroxyl groups is 1. The molecule has 1 atom stereocenters. The molecule has 0 heterocycles. The Balaban J connectivity index is 2.57. The standard InChI is InChI=1S/C10H16N2O2/c11-5-8-3-1-2-4-10(8)14-7-9(13)6-12/h1-4,9,13H,5-7,11-12H2. The zero-order valence-electron chi connectivity index (χ0n) is 8.02. The van der Waals surface area contributed by atoms with E-state index in [1.165, 1.54) is 0 Å². The molecular formula is C10H16N2O2. The van der Waals surface area contributed by atoms with Crippen LogP contribution < -0.4 is 16.2 Å². The van der Waals surface area contributed by atoms with Crippen molar-refractivity contribution in [1.29, 1.82) is 0 Å². The van der Waals surface area contributed by atoms with Crippen molar-refractivity contribution < 1.29 is 9.84 Å². The highest BCUT2D eigenvalue weighted by Crippen LogP contribution is 2.16. The largest absolute Gasteiger partial charge is 0.491 e. The molecule has 0 saturated heterocycles. The van der Waals surface area contributed by atoms with Gasteiger partial charge in [-0.15, -0.1) is 0 Å². The molecule has 0 spiro atoms. The molecule has 5 N–H and O–H groups in total. The van der Waals surface area contributed by atoms with Crippen LogP contribution in [0.3, 0.4) is 0 Å². The molecule has 1 aromatic carbocycles. The summed E-state index contributed by atoms with van der Waals surface area (Å²) in [6.07, 6.45) is -0.624. The Hall–Kier alpha value is -1.10. The molecule has 4 heteroatoms. The predicted molar refractivity (Wildman–Crippen MR) is 54.9 cm³/mol. The number of hydrogen-bond donors (Lipinski definition) is 3. The fraction of sp³-hybridized carbons (Fsp3) is 0.400. The lowest BCUT2D eigenvalue weighted by molar-refractivity contribution is 0.113. The van der Waals surface area contributed by atoms with E-state index in [1.807, 2.05) is 24.3 Å². The molecule has 0 radical (unpaired) electrons. The third-order valence-corrected chi connectivity index (χ3v) is 1.90. The molecule has 4 nitrogen and oxygen atoms in total. The van der Waals surface area contributed by atoms with E-state index in [0.29, 0.717) is 12.3 Å². The molecule has 0 fully saturated rings. The van der Waals surface area contributed by atoms with Gasteiger partial charge in [-0.1, -0.05) is 18.2 Å². The van der Waals surface area contributed by atoms with Gasteiger partial charge in [0.15, 0.2) is 0 Å². The summed E-state index contributed by atoms with van der Waals surface area (Å²) in [5.41, 5.74) is 11.7. The lowest BCUT2D eigenvalue weighted by Crippen LogP contribution is -2.26. The Kier molecular flexibility index (Phi) is 4.39. The summed E-state index contributed by atoms with van der Waals surface area (Å²) in [4.78, 5) is 0. The molecule has 1 aromatic rings. The van der Waals surface area contributed by atoms with Crippen molar-refractivity contribution >= 4 is 0 Å². The third-order valence-electron chi connectivity index (χ3n) is 1.90. The number of ether oxygens (including phenoxy) is 1. The maximum absolute atomic E-state index is 9.20. The van der Waals surface area contributed by atoms with E-state index in [0.717, 1.165) is 5.56 Å². The van der Waals surface area contributed by atoms with E-state index in [4.69, 9.17) is 16.2 Å². The number of hydrogen-bond acceptors (Lipinski definition) is 4. The average molecular weight is 196 g/mol. The van der Waals surface area contributed by atoms with Crippen LogP contribution in [-0.2, 0) is 6.54 Å². The molecule has 1 unspecified atom stereocenters. The first kappa shape index (κ1) is 11.0. The Morgan fingerprint density at radius 3 is 2.64 bits per heavy atom. The fourth-order valence-corrected chi connectivity index (χ4v) is 1.07. The molecule has 14 heavy (non-hydrogen) atoms. The van der Waals surface area contributed by atoms with Crippen molar-refractivity contribution in [3.8, 4) is 5.75 Å². The molecule has 0 aliphatic carbocycles. The molecule has 0 amide bonds. The predicted octanol–water partition coefficient (Wildman–Crippen LogP) is -0.156. The molecule has 0 aliphatic rings. The van der Waals surface area contributed by atoms with Crippen molar-refractivity contribution in [2.75, 3.05) is 13.2 Å². The number of nitrogens with two attached hydrogens (primary N) is 2. The second kappa shape index (κ2) is 5.59. The highest BCUT2D eigenvalue weighted by Gasteiger charge is 2.04. The summed E-state index contributed by atoms with van der Waals surface area (Å²) in [7, 11) is 0. The summed E-state index contributed by atoms with van der Waals surface area (Å²) in [5.74, 6) is 0.711. The van der Waals surface area contributed by atoms with Gasteiger partial charge in [-0.3, -0.25) is 0 Å². The van der Waals surface area contributed by atoms with E-state index < -0.39 is 6.10 Å². The van der Waals surface area contributed by atoms with E-state index in [2.05, 4.69) is 0 Å². The minimum atomic E-state index is -0.624. The average Bonchev–Trinajstić information content (AvgIpc) is 2.26. The molecule has 1 rings (SSSR count). The molecule has 0 saturated carbocycles. The van der Waals surface area contributed by atoms with Crippen LogP contribution in [0.15, 0.2) is 24.3 Å². The van der Waals surface area contributed by atoms with E-state index >= 15 is 0 Å². The fourth-order valence-electron chi connectivity index (χ4n) is 1.07. The highest BCUT2D eigenvalue weighted by molar-refractivity contribution is 5.32. The van der Waals surface area contributed by atoms with Crippen molar-refractivity contribution in [2.45, 2.75) is 12.6 Å². The van der Waals surface area contributed by atoms with Gasteiger partial charge in [0.05, 0.1) is 0 Å². The van der Waals surface area contributed by atoms with Crippen LogP contribution in [0.5, 0.6) is 5.75 Å². The lowest BCUT2D eigenvalue weighted by atomic mass is 10.2. The number of rotatable bonds is 5. The quantitative estimate of drug-likeness (QED) is 0.611. The maximum Gasteiger partial charge on any atom is 0.123 e. The monoisotopic (exact) mass is 196 g/mol. The zero-order valence-corrected chi connectivity index (χ0v) is 8.02. The van der Waals surface area contributed by atoms with Crippen molar-refractivity contribution in [1.82, 2.24) is 0 Å². The molecule has 0 aliphatic heterocycles. The van der Waals surface area contributed by atoms with Crippen molar-refractivity contribution in [3.63, 3.8) is 0 Å². The first-order valence-corrected chi connectivity index (χ1v) is 4.56. The Bertz CT molecular complexity index is 279. The van der Waals surface area contributed by atoms with Crippen LogP contribution in [0.2, 0.25) is 0 Å². The molecule has 0 bridgehead atoms. The van der Waals surface area contributed by atoms with Gasteiger partial charge in [-0.2, -0.15) is 0 Å². The van der Waals surface area contributed by atoms with Gasteiger partial charge < -0.3 is 21.3 Å². The molecular weight excluding hydrogens is 180 g/mol. The van der Waals surface area contributed by atoms with Gasteiger partial charge in [0.2, 0.25) is 0 Å². The summed E-state index contributed by atoms with van der Waals surface area (Å²) in [6, 6.07) is 7.48. The summed E-state index contributed by atoms with van der Waals surface area (Å²) in [6.45, 7) is 0.827. The van der Waals surface area contributed by atoms with Crippen LogP contribution >= 0.6 is 0 Å². The van der Waals surface area contributed by atoms with Gasteiger partial charge in [-0.05, 0) is 6.07 Å². The smallest absolute Gasteiger partial charge is 0.123 e. The van der Waals surface area contributed by atoms with E-state index in [1.54, 1.807) is 0 Å². The number of para-hydroxylation sites is 1. The van der Waals surface area contributed by atoms with Crippen LogP contribution in [0, 0.1) is 0 Å². The topological polar surface area (TPSA) is 81.5 Å². The van der Waals surface area contributed by atoms with E-state index in [-0.39, 0.29) is 13.2 Å². The van der Waals surface area contributed by atoms with Gasteiger partial charge in [0, 0.05) is 18.7 Å². The molecule has 78 valence electrons. The minimum absolute atomic E-state index is 0.199. The van der Waals surface area contributed by atoms with Crippen LogP contribution in [0.25, 0.3) is 0 Å². The van der Waals surface area contributed by atoms with Crippen LogP contribution in [0.4, 0.5) is 0 Å². The number of benzene rings is 1. The lowest BCUT2D eigenvalue weighted by Gasteiger charge is -2.12. The van der Waals surface area contributed by atoms with Gasteiger partial charge in [0.25, 0.3) is 0 Å². The summed E-state index contributed by atoms with van der Waals surface area (Å²) in [5, 5.41) is 9.20. The second-order valence-electron chi connectivity index (χ2n) is 3.01. The van der Waals surface area contributed by atoms with Gasteiger partial charge in [-0.25, -0.2) is 0 Å². The zero-order chi connectivity index (χ0) is 10.4. The van der Waals surface area contributed by atoms with Crippen molar-refractivity contribution in [2.24, 2.45) is 11.5 Å². The Morgan fingerprint density at radius 1 is 1.29 bits per heavy atom. The minimum Gasteiger partial charge on any atom is -0.491 e. The van der Waals surface area contributed by atoms with Crippen molar-refractivity contribution in [3.05, 3.63) is 29.8 Å². The summed E-state index contributed by atoms with van der Waals surface area (Å²) >= 11 is 0. The maximum atomic E-state index is 9.20. The van der Waals surface area contributed by atoms with E-state index in [9.17, 15) is 5.11 Å². The van der Waals surface area contributed by atoms with Gasteiger partial charge >= 0.3 is 0 Å². The highest BCUT2D eigenvalue weighted by atomic mass is 16.5. The molecule has 0 aromatic heterocycles. The Morgan fingerprint density at radius 2 is 2.00 bits per heavy atom. The Labute approximate surface area is 83.5 Å². The van der Waals surface area contributed by atoms with Crippen LogP contribution in [-0.4, -0.2) is 24.4 Å². The second-order valence-corrected chi connectivity index (χ2v) is 3.01. The SMILES string of the molecule is NCc1ccccc1OCC(O)CN. The van der Waals surface area contributed by atoms with Crippen LogP contribution in [0.1, 0.15) is 5.56 Å².